The van der Waals surface area contributed by atoms with Gasteiger partial charge in [-0.2, -0.15) is 0 Å². The highest BCUT2D eigenvalue weighted by Gasteiger charge is 2.32. The number of nitrogens with zero attached hydrogens (tertiary/aromatic N) is 2. The van der Waals surface area contributed by atoms with Crippen molar-refractivity contribution in [2.75, 3.05) is 26.2 Å². The molecule has 0 spiro atoms. The van der Waals surface area contributed by atoms with E-state index in [2.05, 4.69) is 9.80 Å². The Kier molecular flexibility index (Phi) is 4.78. The maximum Gasteiger partial charge on any atom is 0.0695 e. The van der Waals surface area contributed by atoms with Crippen molar-refractivity contribution >= 4 is 0 Å². The predicted octanol–water partition coefficient (Wildman–Crippen LogP) is 2.24. The smallest absolute Gasteiger partial charge is 0.0695 e. The van der Waals surface area contributed by atoms with Crippen molar-refractivity contribution in [2.45, 2.75) is 76.0 Å². The van der Waals surface area contributed by atoms with E-state index in [1.807, 2.05) is 0 Å². The maximum absolute atomic E-state index is 10.2. The monoisotopic (exact) mass is 266 g/mol. The van der Waals surface area contributed by atoms with Crippen molar-refractivity contribution in [3.63, 3.8) is 0 Å². The van der Waals surface area contributed by atoms with E-state index in [1.165, 1.54) is 77.5 Å². The fraction of sp³-hybridized carbons (Fsp3) is 1.00. The van der Waals surface area contributed by atoms with Crippen LogP contribution in [-0.4, -0.2) is 59.3 Å². The number of aliphatic hydroxyl groups excluding tert-OH is 1. The van der Waals surface area contributed by atoms with Crippen molar-refractivity contribution in [3.8, 4) is 0 Å². The van der Waals surface area contributed by atoms with Gasteiger partial charge in [-0.25, -0.2) is 0 Å². The Hall–Kier alpha value is -0.120. The Morgan fingerprint density at radius 3 is 2.00 bits per heavy atom. The van der Waals surface area contributed by atoms with Crippen LogP contribution in [0.1, 0.15) is 57.8 Å². The number of likely N-dealkylation sites (tertiary alicyclic amines) is 2. The van der Waals surface area contributed by atoms with Crippen LogP contribution in [0.25, 0.3) is 0 Å². The van der Waals surface area contributed by atoms with Crippen LogP contribution < -0.4 is 0 Å². The molecule has 1 N–H and O–H groups in total. The molecule has 3 aliphatic rings. The quantitative estimate of drug-likeness (QED) is 0.830. The fourth-order valence-electron chi connectivity index (χ4n) is 4.38. The molecule has 3 nitrogen and oxygen atoms in total. The highest BCUT2D eigenvalue weighted by atomic mass is 16.3. The Morgan fingerprint density at radius 1 is 0.632 bits per heavy atom. The standard InChI is InChI=1S/C16H30N2O/c19-16-7-3-2-6-15(16)18-12-8-14(9-13-18)17-10-4-1-5-11-17/h14-16,19H,1-13H2. The summed E-state index contributed by atoms with van der Waals surface area (Å²) in [6, 6.07) is 1.30. The van der Waals surface area contributed by atoms with Crippen LogP contribution in [0.3, 0.4) is 0 Å². The van der Waals surface area contributed by atoms with E-state index >= 15 is 0 Å². The summed E-state index contributed by atoms with van der Waals surface area (Å²) >= 11 is 0. The predicted molar refractivity (Wildman–Crippen MR) is 78.3 cm³/mol. The molecule has 19 heavy (non-hydrogen) atoms. The molecule has 1 saturated carbocycles. The van der Waals surface area contributed by atoms with E-state index in [1.54, 1.807) is 0 Å². The molecular weight excluding hydrogens is 236 g/mol. The molecule has 0 aromatic heterocycles. The minimum Gasteiger partial charge on any atom is -0.391 e. The van der Waals surface area contributed by atoms with E-state index in [9.17, 15) is 5.11 Å². The molecule has 2 aliphatic heterocycles. The molecule has 2 atom stereocenters. The highest BCUT2D eigenvalue weighted by molar-refractivity contribution is 4.88. The Bertz CT molecular complexity index is 270. The van der Waals surface area contributed by atoms with Gasteiger partial charge in [-0.1, -0.05) is 19.3 Å². The molecule has 3 fully saturated rings. The van der Waals surface area contributed by atoms with Crippen LogP contribution in [0.15, 0.2) is 0 Å². The van der Waals surface area contributed by atoms with Crippen molar-refractivity contribution in [1.29, 1.82) is 0 Å². The van der Waals surface area contributed by atoms with Gasteiger partial charge in [-0.3, -0.25) is 4.90 Å². The van der Waals surface area contributed by atoms with E-state index in [4.69, 9.17) is 0 Å². The molecule has 110 valence electrons. The summed E-state index contributed by atoms with van der Waals surface area (Å²) in [5, 5.41) is 10.2. The zero-order valence-electron chi connectivity index (χ0n) is 12.3. The first-order chi connectivity index (χ1) is 9.34. The zero-order valence-corrected chi connectivity index (χ0v) is 12.3. The molecule has 0 amide bonds. The van der Waals surface area contributed by atoms with Gasteiger partial charge in [0.05, 0.1) is 6.10 Å². The van der Waals surface area contributed by atoms with Crippen LogP contribution in [0.5, 0.6) is 0 Å². The highest BCUT2D eigenvalue weighted by Crippen LogP contribution is 2.27. The van der Waals surface area contributed by atoms with Crippen LogP contribution in [-0.2, 0) is 0 Å². The summed E-state index contributed by atoms with van der Waals surface area (Å²) in [5.74, 6) is 0. The second kappa shape index (κ2) is 6.55. The Morgan fingerprint density at radius 2 is 1.32 bits per heavy atom. The van der Waals surface area contributed by atoms with Crippen LogP contribution in [0.4, 0.5) is 0 Å². The van der Waals surface area contributed by atoms with Crippen molar-refractivity contribution in [1.82, 2.24) is 9.80 Å². The summed E-state index contributed by atoms with van der Waals surface area (Å²) < 4.78 is 0. The fourth-order valence-corrected chi connectivity index (χ4v) is 4.38. The van der Waals surface area contributed by atoms with Gasteiger partial charge >= 0.3 is 0 Å². The van der Waals surface area contributed by atoms with Gasteiger partial charge in [0.1, 0.15) is 0 Å². The number of piperidine rings is 2. The van der Waals surface area contributed by atoms with E-state index in [0.29, 0.717) is 6.04 Å². The summed E-state index contributed by atoms with van der Waals surface area (Å²) in [4.78, 5) is 5.32. The molecule has 0 aromatic rings. The van der Waals surface area contributed by atoms with Gasteiger partial charge in [0.15, 0.2) is 0 Å². The molecule has 3 heteroatoms. The van der Waals surface area contributed by atoms with Gasteiger partial charge in [0.2, 0.25) is 0 Å². The summed E-state index contributed by atoms with van der Waals surface area (Å²) in [6.45, 7) is 5.08. The second-order valence-corrected chi connectivity index (χ2v) is 6.78. The lowest BCUT2D eigenvalue weighted by molar-refractivity contribution is -0.00539. The lowest BCUT2D eigenvalue weighted by Crippen LogP contribution is -2.52. The van der Waals surface area contributed by atoms with Crippen molar-refractivity contribution in [2.24, 2.45) is 0 Å². The summed E-state index contributed by atoms with van der Waals surface area (Å²) in [6.07, 6.45) is 11.6. The number of aliphatic hydroxyl groups is 1. The first-order valence-electron chi connectivity index (χ1n) is 8.51. The van der Waals surface area contributed by atoms with Gasteiger partial charge in [-0.15, -0.1) is 0 Å². The number of hydrogen-bond donors (Lipinski definition) is 1. The van der Waals surface area contributed by atoms with Gasteiger partial charge in [-0.05, 0) is 51.6 Å². The zero-order chi connectivity index (χ0) is 13.1. The van der Waals surface area contributed by atoms with Crippen molar-refractivity contribution in [3.05, 3.63) is 0 Å². The Balaban J connectivity index is 1.48. The van der Waals surface area contributed by atoms with Crippen molar-refractivity contribution < 1.29 is 5.11 Å². The third kappa shape index (κ3) is 3.32. The topological polar surface area (TPSA) is 26.7 Å². The molecule has 1 aliphatic carbocycles. The van der Waals surface area contributed by atoms with Crippen LogP contribution >= 0.6 is 0 Å². The van der Waals surface area contributed by atoms with Gasteiger partial charge in [0, 0.05) is 25.2 Å². The molecule has 2 heterocycles. The average molecular weight is 266 g/mol. The first kappa shape index (κ1) is 13.8. The SMILES string of the molecule is OC1CCCCC1N1CCC(N2CCCCC2)CC1. The summed E-state index contributed by atoms with van der Waals surface area (Å²) in [7, 11) is 0. The number of rotatable bonds is 2. The second-order valence-electron chi connectivity index (χ2n) is 6.78. The number of hydrogen-bond acceptors (Lipinski definition) is 3. The average Bonchev–Trinajstić information content (AvgIpc) is 2.49. The van der Waals surface area contributed by atoms with Crippen LogP contribution in [0, 0.1) is 0 Å². The Labute approximate surface area is 118 Å². The third-order valence-electron chi connectivity index (χ3n) is 5.57. The molecule has 2 saturated heterocycles. The summed E-state index contributed by atoms with van der Waals surface area (Å²) in [5.41, 5.74) is 0. The normalized spacial score (nSPS) is 36.5. The minimum absolute atomic E-state index is 0.0553. The molecule has 3 rings (SSSR count). The molecule has 0 radical (unpaired) electrons. The molecular formula is C16H30N2O. The van der Waals surface area contributed by atoms with Gasteiger partial charge < -0.3 is 10.0 Å². The van der Waals surface area contributed by atoms with E-state index in [0.717, 1.165) is 12.5 Å². The van der Waals surface area contributed by atoms with Gasteiger partial charge in [0.25, 0.3) is 0 Å². The lowest BCUT2D eigenvalue weighted by atomic mass is 9.89. The van der Waals surface area contributed by atoms with E-state index < -0.39 is 0 Å². The van der Waals surface area contributed by atoms with E-state index in [-0.39, 0.29) is 6.10 Å². The molecule has 0 aromatic carbocycles. The maximum atomic E-state index is 10.2. The minimum atomic E-state index is -0.0553. The lowest BCUT2D eigenvalue weighted by Gasteiger charge is -2.44. The molecule has 2 unspecified atom stereocenters. The molecule has 0 bridgehead atoms. The largest absolute Gasteiger partial charge is 0.391 e. The third-order valence-corrected chi connectivity index (χ3v) is 5.57. The van der Waals surface area contributed by atoms with Crippen LogP contribution in [0.2, 0.25) is 0 Å². The first-order valence-corrected chi connectivity index (χ1v) is 8.51.